The molecule has 0 saturated heterocycles. The molecule has 1 aromatic heterocycles. The first-order valence-corrected chi connectivity index (χ1v) is 10.5. The largest absolute Gasteiger partial charge is 0.456 e. The Bertz CT molecular complexity index is 837. The summed E-state index contributed by atoms with van der Waals surface area (Å²) in [6.45, 7) is 5.30. The molecule has 0 bridgehead atoms. The quantitative estimate of drug-likeness (QED) is 0.396. The Hall–Kier alpha value is -2.12. The molecular weight excluding hydrogens is 398 g/mol. The summed E-state index contributed by atoms with van der Waals surface area (Å²) in [4.78, 5) is 32.8. The zero-order valence-corrected chi connectivity index (χ0v) is 18.0. The molecule has 0 aliphatic heterocycles. The fraction of sp³-hybridized carbons (Fsp3) is 0.400. The SMILES string of the molecule is CSc1nc(C)c(CCC(=O)OCC(=O)N[C@@H](C)c2ccccc2Cl)c(C)n1. The van der Waals surface area contributed by atoms with Crippen LogP contribution in [-0.4, -0.2) is 34.7 Å². The second-order valence-electron chi connectivity index (χ2n) is 6.33. The molecule has 1 atom stereocenters. The first-order chi connectivity index (χ1) is 13.3. The standard InChI is InChI=1S/C20H24ClN3O3S/c1-12-15(13(2)24-20(23-12)28-4)9-10-19(26)27-11-18(25)22-14(3)16-7-5-6-8-17(16)21/h5-8,14H,9-11H2,1-4H3,(H,22,25)/t14-/m0/s1. The number of carbonyl (C=O) groups is 2. The molecule has 6 nitrogen and oxygen atoms in total. The molecule has 28 heavy (non-hydrogen) atoms. The molecule has 1 N–H and O–H groups in total. The van der Waals surface area contributed by atoms with Crippen LogP contribution in [0.4, 0.5) is 0 Å². The van der Waals surface area contributed by atoms with Gasteiger partial charge >= 0.3 is 5.97 Å². The van der Waals surface area contributed by atoms with Crippen molar-refractivity contribution in [2.24, 2.45) is 0 Å². The summed E-state index contributed by atoms with van der Waals surface area (Å²) < 4.78 is 5.09. The van der Waals surface area contributed by atoms with E-state index in [1.807, 2.05) is 45.2 Å². The minimum absolute atomic E-state index is 0.164. The van der Waals surface area contributed by atoms with Crippen molar-refractivity contribution in [1.29, 1.82) is 0 Å². The summed E-state index contributed by atoms with van der Waals surface area (Å²) in [6, 6.07) is 7.00. The number of amides is 1. The maximum Gasteiger partial charge on any atom is 0.306 e. The third-order valence-corrected chi connectivity index (χ3v) is 5.17. The topological polar surface area (TPSA) is 81.2 Å². The summed E-state index contributed by atoms with van der Waals surface area (Å²) >= 11 is 7.60. The minimum Gasteiger partial charge on any atom is -0.456 e. The van der Waals surface area contributed by atoms with Crippen LogP contribution in [0.3, 0.4) is 0 Å². The third-order valence-electron chi connectivity index (χ3n) is 4.28. The number of aryl methyl sites for hydroxylation is 2. The van der Waals surface area contributed by atoms with Crippen molar-refractivity contribution < 1.29 is 14.3 Å². The summed E-state index contributed by atoms with van der Waals surface area (Å²) in [5, 5.41) is 4.06. The van der Waals surface area contributed by atoms with E-state index < -0.39 is 5.97 Å². The highest BCUT2D eigenvalue weighted by Crippen LogP contribution is 2.22. The van der Waals surface area contributed by atoms with Crippen molar-refractivity contribution >= 4 is 35.2 Å². The van der Waals surface area contributed by atoms with E-state index in [1.165, 1.54) is 11.8 Å². The Kier molecular flexibility index (Phi) is 8.26. The number of thioether (sulfide) groups is 1. The van der Waals surface area contributed by atoms with Crippen molar-refractivity contribution in [3.05, 3.63) is 51.8 Å². The highest BCUT2D eigenvalue weighted by atomic mass is 35.5. The predicted molar refractivity (Wildman–Crippen MR) is 111 cm³/mol. The monoisotopic (exact) mass is 421 g/mol. The molecule has 1 amide bonds. The van der Waals surface area contributed by atoms with Gasteiger partial charge in [-0.05, 0) is 50.6 Å². The van der Waals surface area contributed by atoms with E-state index in [2.05, 4.69) is 15.3 Å². The first-order valence-electron chi connectivity index (χ1n) is 8.89. The van der Waals surface area contributed by atoms with Crippen LogP contribution < -0.4 is 5.32 Å². The van der Waals surface area contributed by atoms with Gasteiger partial charge in [0.1, 0.15) is 0 Å². The number of nitrogens with zero attached hydrogens (tertiary/aromatic N) is 2. The maximum atomic E-state index is 12.0. The third kappa shape index (κ3) is 6.21. The molecule has 0 aliphatic rings. The highest BCUT2D eigenvalue weighted by Gasteiger charge is 2.15. The summed E-state index contributed by atoms with van der Waals surface area (Å²) in [5.41, 5.74) is 3.46. The lowest BCUT2D eigenvalue weighted by Gasteiger charge is -2.15. The van der Waals surface area contributed by atoms with Gasteiger partial charge in [-0.15, -0.1) is 0 Å². The number of benzene rings is 1. The molecule has 0 spiro atoms. The van der Waals surface area contributed by atoms with E-state index in [9.17, 15) is 9.59 Å². The number of halogens is 1. The summed E-state index contributed by atoms with van der Waals surface area (Å²) in [5.74, 6) is -0.811. The van der Waals surface area contributed by atoms with Gasteiger partial charge in [-0.2, -0.15) is 0 Å². The summed E-state index contributed by atoms with van der Waals surface area (Å²) in [7, 11) is 0. The second-order valence-corrected chi connectivity index (χ2v) is 7.51. The fourth-order valence-corrected chi connectivity index (χ4v) is 3.55. The van der Waals surface area contributed by atoms with E-state index >= 15 is 0 Å². The van der Waals surface area contributed by atoms with Gasteiger partial charge in [0, 0.05) is 22.8 Å². The van der Waals surface area contributed by atoms with Crippen LogP contribution in [0, 0.1) is 13.8 Å². The van der Waals surface area contributed by atoms with Gasteiger partial charge in [-0.25, -0.2) is 9.97 Å². The van der Waals surface area contributed by atoms with Crippen LogP contribution in [-0.2, 0) is 20.7 Å². The van der Waals surface area contributed by atoms with Gasteiger partial charge in [-0.3, -0.25) is 9.59 Å². The van der Waals surface area contributed by atoms with Crippen LogP contribution in [0.25, 0.3) is 0 Å². The van der Waals surface area contributed by atoms with Gasteiger partial charge in [0.2, 0.25) is 0 Å². The average molecular weight is 422 g/mol. The van der Waals surface area contributed by atoms with Gasteiger partial charge in [0.15, 0.2) is 11.8 Å². The number of nitrogens with one attached hydrogen (secondary N) is 1. The molecular formula is C20H24ClN3O3S. The molecule has 0 saturated carbocycles. The van der Waals surface area contributed by atoms with Crippen LogP contribution in [0.2, 0.25) is 5.02 Å². The predicted octanol–water partition coefficient (Wildman–Crippen LogP) is 3.82. The number of ether oxygens (including phenoxy) is 1. The highest BCUT2D eigenvalue weighted by molar-refractivity contribution is 7.98. The van der Waals surface area contributed by atoms with E-state index in [1.54, 1.807) is 6.07 Å². The molecule has 8 heteroatoms. The Labute approximate surface area is 174 Å². The average Bonchev–Trinajstić information content (AvgIpc) is 2.65. The normalized spacial score (nSPS) is 11.8. The number of esters is 1. The van der Waals surface area contributed by atoms with Gasteiger partial charge < -0.3 is 10.1 Å². The van der Waals surface area contributed by atoms with E-state index in [0.717, 1.165) is 22.5 Å². The summed E-state index contributed by atoms with van der Waals surface area (Å²) in [6.07, 6.45) is 2.56. The number of hydrogen-bond donors (Lipinski definition) is 1. The second kappa shape index (κ2) is 10.4. The molecule has 2 aromatic rings. The Morgan fingerprint density at radius 3 is 2.46 bits per heavy atom. The molecule has 0 aliphatic carbocycles. The van der Waals surface area contributed by atoms with Crippen LogP contribution in [0.15, 0.2) is 29.4 Å². The number of aromatic nitrogens is 2. The van der Waals surface area contributed by atoms with Crippen LogP contribution >= 0.6 is 23.4 Å². The zero-order chi connectivity index (χ0) is 20.7. The van der Waals surface area contributed by atoms with Gasteiger partial charge in [-0.1, -0.05) is 41.6 Å². The van der Waals surface area contributed by atoms with Crippen molar-refractivity contribution in [3.8, 4) is 0 Å². The number of carbonyl (C=O) groups excluding carboxylic acids is 2. The zero-order valence-electron chi connectivity index (χ0n) is 16.4. The van der Waals surface area contributed by atoms with E-state index in [4.69, 9.17) is 16.3 Å². The van der Waals surface area contributed by atoms with Crippen molar-refractivity contribution in [1.82, 2.24) is 15.3 Å². The Balaban J connectivity index is 1.81. The van der Waals surface area contributed by atoms with E-state index in [-0.39, 0.29) is 25.0 Å². The Morgan fingerprint density at radius 2 is 1.86 bits per heavy atom. The lowest BCUT2D eigenvalue weighted by Crippen LogP contribution is -2.31. The number of rotatable bonds is 8. The molecule has 0 unspecified atom stereocenters. The number of hydrogen-bond acceptors (Lipinski definition) is 6. The molecule has 0 radical (unpaired) electrons. The molecule has 150 valence electrons. The molecule has 1 aromatic carbocycles. The van der Waals surface area contributed by atoms with Crippen molar-refractivity contribution in [2.45, 2.75) is 44.8 Å². The van der Waals surface area contributed by atoms with Crippen molar-refractivity contribution in [3.63, 3.8) is 0 Å². The smallest absolute Gasteiger partial charge is 0.306 e. The lowest BCUT2D eigenvalue weighted by molar-refractivity contribution is -0.148. The van der Waals surface area contributed by atoms with E-state index in [0.29, 0.717) is 16.6 Å². The molecule has 1 heterocycles. The first kappa shape index (κ1) is 22.2. The maximum absolute atomic E-state index is 12.0. The van der Waals surface area contributed by atoms with Gasteiger partial charge in [0.25, 0.3) is 5.91 Å². The van der Waals surface area contributed by atoms with Crippen LogP contribution in [0.5, 0.6) is 0 Å². The molecule has 2 rings (SSSR count). The van der Waals surface area contributed by atoms with Gasteiger partial charge in [0.05, 0.1) is 6.04 Å². The Morgan fingerprint density at radius 1 is 1.21 bits per heavy atom. The minimum atomic E-state index is -0.437. The lowest BCUT2D eigenvalue weighted by atomic mass is 10.1. The molecule has 0 fully saturated rings. The fourth-order valence-electron chi connectivity index (χ4n) is 2.79. The van der Waals surface area contributed by atoms with Crippen LogP contribution in [0.1, 0.15) is 41.9 Å². The van der Waals surface area contributed by atoms with Crippen molar-refractivity contribution in [2.75, 3.05) is 12.9 Å².